The summed E-state index contributed by atoms with van der Waals surface area (Å²) in [7, 11) is 1.45. The first-order valence-electron chi connectivity index (χ1n) is 13.1. The molecule has 0 unspecified atom stereocenters. The van der Waals surface area contributed by atoms with Crippen LogP contribution >= 0.6 is 0 Å². The standard InChI is InChI=1S/C23H23F3N6O2.2C2HF3O2/c1-27-22(33)16-4-2-3-5-18(16)30-19-12-21(29-14-17(19)23(24,25)26)31-20-7-6-15(13-28-20)32-8-10-34-11-9-32;2*3-2(4,5)1(6)7/h2-7,12-14H,8-11H2,1H3,(H,27,33)(H2,28,29,30,31);2*(H,6,7). The number of carboxylic acid groups (broad SMARTS) is 2. The number of pyridine rings is 2. The number of para-hydroxylation sites is 1. The Kier molecular flexibility index (Phi) is 13.3. The molecule has 262 valence electrons. The Morgan fingerprint density at radius 1 is 0.771 bits per heavy atom. The molecule has 0 bridgehead atoms. The summed E-state index contributed by atoms with van der Waals surface area (Å²) < 4.78 is 110. The SMILES string of the molecule is CNC(=O)c1ccccc1Nc1cc(Nc2ccc(N3CCOCC3)cn2)ncc1C(F)(F)F.O=C(O)C(F)(F)F.O=C(O)C(F)(F)F. The molecule has 1 saturated heterocycles. The highest BCUT2D eigenvalue weighted by molar-refractivity contribution is 6.00. The zero-order valence-electron chi connectivity index (χ0n) is 24.3. The van der Waals surface area contributed by atoms with Gasteiger partial charge in [0.1, 0.15) is 11.6 Å². The van der Waals surface area contributed by atoms with Crippen molar-refractivity contribution in [2.45, 2.75) is 18.5 Å². The minimum absolute atomic E-state index is 0.166. The number of benzene rings is 1. The molecule has 12 nitrogen and oxygen atoms in total. The summed E-state index contributed by atoms with van der Waals surface area (Å²) >= 11 is 0. The molecule has 48 heavy (non-hydrogen) atoms. The van der Waals surface area contributed by atoms with Crippen LogP contribution in [0.25, 0.3) is 0 Å². The first kappa shape index (κ1) is 38.8. The number of hydrogen-bond acceptors (Lipinski definition) is 9. The molecule has 0 spiro atoms. The minimum atomic E-state index is -5.08. The third-order valence-corrected chi connectivity index (χ3v) is 5.74. The second-order valence-corrected chi connectivity index (χ2v) is 9.09. The fourth-order valence-electron chi connectivity index (χ4n) is 3.52. The zero-order valence-corrected chi connectivity index (χ0v) is 24.3. The zero-order chi connectivity index (χ0) is 36.3. The number of ether oxygens (including phenoxy) is 1. The van der Waals surface area contributed by atoms with Crippen molar-refractivity contribution < 1.29 is 68.8 Å². The van der Waals surface area contributed by atoms with Crippen molar-refractivity contribution in [1.29, 1.82) is 0 Å². The number of carbonyl (C=O) groups excluding carboxylic acids is 1. The molecule has 1 amide bonds. The first-order chi connectivity index (χ1) is 22.2. The number of morpholine rings is 1. The van der Waals surface area contributed by atoms with Crippen molar-refractivity contribution in [1.82, 2.24) is 15.3 Å². The van der Waals surface area contributed by atoms with Crippen molar-refractivity contribution in [2.24, 2.45) is 0 Å². The van der Waals surface area contributed by atoms with Gasteiger partial charge >= 0.3 is 30.5 Å². The Morgan fingerprint density at radius 2 is 1.31 bits per heavy atom. The number of nitrogens with one attached hydrogen (secondary N) is 3. The average Bonchev–Trinajstić information content (AvgIpc) is 3.01. The largest absolute Gasteiger partial charge is 0.490 e. The van der Waals surface area contributed by atoms with Crippen molar-refractivity contribution >= 4 is 46.5 Å². The van der Waals surface area contributed by atoms with Crippen molar-refractivity contribution in [2.75, 3.05) is 48.9 Å². The summed E-state index contributed by atoms with van der Waals surface area (Å²) in [6.45, 7) is 2.82. The molecule has 1 aromatic carbocycles. The number of amides is 1. The van der Waals surface area contributed by atoms with Crippen LogP contribution in [0, 0.1) is 0 Å². The van der Waals surface area contributed by atoms with E-state index in [1.165, 1.54) is 25.2 Å². The highest BCUT2D eigenvalue weighted by Crippen LogP contribution is 2.37. The van der Waals surface area contributed by atoms with Gasteiger partial charge in [-0.05, 0) is 24.3 Å². The van der Waals surface area contributed by atoms with Crippen LogP contribution in [0.2, 0.25) is 0 Å². The summed E-state index contributed by atoms with van der Waals surface area (Å²) in [5, 5.41) is 22.4. The lowest BCUT2D eigenvalue weighted by Gasteiger charge is -2.28. The molecule has 5 N–H and O–H groups in total. The fraction of sp³-hybridized carbons (Fsp3) is 0.296. The normalized spacial score (nSPS) is 13.2. The smallest absolute Gasteiger partial charge is 0.475 e. The lowest BCUT2D eigenvalue weighted by atomic mass is 10.1. The molecule has 0 atom stereocenters. The molecule has 1 fully saturated rings. The number of halogens is 9. The van der Waals surface area contributed by atoms with Gasteiger partial charge in [0.05, 0.1) is 47.6 Å². The van der Waals surface area contributed by atoms with Crippen molar-refractivity contribution in [3.63, 3.8) is 0 Å². The van der Waals surface area contributed by atoms with E-state index in [1.54, 1.807) is 24.4 Å². The van der Waals surface area contributed by atoms with Crippen LogP contribution in [-0.2, 0) is 20.5 Å². The number of rotatable bonds is 6. The number of carbonyl (C=O) groups is 3. The van der Waals surface area contributed by atoms with Gasteiger partial charge in [0, 0.05) is 32.4 Å². The fourth-order valence-corrected chi connectivity index (χ4v) is 3.52. The molecule has 0 radical (unpaired) electrons. The predicted molar refractivity (Wildman–Crippen MR) is 150 cm³/mol. The summed E-state index contributed by atoms with van der Waals surface area (Å²) in [6, 6.07) is 11.2. The topological polar surface area (TPSA) is 166 Å². The molecule has 3 heterocycles. The van der Waals surface area contributed by atoms with Gasteiger partial charge in [0.25, 0.3) is 5.91 Å². The van der Waals surface area contributed by atoms with E-state index in [-0.39, 0.29) is 22.8 Å². The van der Waals surface area contributed by atoms with E-state index in [9.17, 15) is 44.3 Å². The van der Waals surface area contributed by atoms with E-state index in [0.717, 1.165) is 25.0 Å². The van der Waals surface area contributed by atoms with Gasteiger partial charge in [-0.3, -0.25) is 4.79 Å². The minimum Gasteiger partial charge on any atom is -0.475 e. The first-order valence-corrected chi connectivity index (χ1v) is 13.1. The average molecular weight is 701 g/mol. The lowest BCUT2D eigenvalue weighted by molar-refractivity contribution is -0.193. The molecular formula is C27H25F9N6O6. The van der Waals surface area contributed by atoms with Crippen LogP contribution < -0.4 is 20.9 Å². The van der Waals surface area contributed by atoms with Gasteiger partial charge in [0.15, 0.2) is 0 Å². The Morgan fingerprint density at radius 3 is 1.79 bits per heavy atom. The molecule has 3 aromatic rings. The molecule has 0 aliphatic carbocycles. The summed E-state index contributed by atoms with van der Waals surface area (Å²) in [5.41, 5.74) is 0.177. The summed E-state index contributed by atoms with van der Waals surface area (Å²) in [6.07, 6.45) is -12.4. The Balaban J connectivity index is 0.000000479. The van der Waals surface area contributed by atoms with Crippen molar-refractivity contribution in [3.05, 3.63) is 66.0 Å². The van der Waals surface area contributed by atoms with Gasteiger partial charge in [-0.25, -0.2) is 19.6 Å². The summed E-state index contributed by atoms with van der Waals surface area (Å²) in [4.78, 5) is 40.3. The third-order valence-electron chi connectivity index (χ3n) is 5.74. The highest BCUT2D eigenvalue weighted by Gasteiger charge is 2.39. The van der Waals surface area contributed by atoms with Crippen LogP contribution in [0.3, 0.4) is 0 Å². The number of carboxylic acids is 2. The highest BCUT2D eigenvalue weighted by atomic mass is 19.4. The van der Waals surface area contributed by atoms with E-state index in [4.69, 9.17) is 24.5 Å². The van der Waals surface area contributed by atoms with Gasteiger partial charge < -0.3 is 35.8 Å². The van der Waals surface area contributed by atoms with E-state index >= 15 is 0 Å². The lowest BCUT2D eigenvalue weighted by Crippen LogP contribution is -2.36. The van der Waals surface area contributed by atoms with Gasteiger partial charge in [-0.2, -0.15) is 39.5 Å². The van der Waals surface area contributed by atoms with E-state index in [2.05, 4.69) is 30.8 Å². The quantitative estimate of drug-likeness (QED) is 0.208. The predicted octanol–water partition coefficient (Wildman–Crippen LogP) is 5.45. The maximum atomic E-state index is 13.7. The molecule has 4 rings (SSSR count). The van der Waals surface area contributed by atoms with E-state index < -0.39 is 41.9 Å². The maximum Gasteiger partial charge on any atom is 0.490 e. The Hall–Kier alpha value is -5.34. The van der Waals surface area contributed by atoms with Gasteiger partial charge in [-0.15, -0.1) is 0 Å². The van der Waals surface area contributed by atoms with Crippen LogP contribution in [0.15, 0.2) is 54.9 Å². The number of hydrogen-bond donors (Lipinski definition) is 5. The number of nitrogens with zero attached hydrogens (tertiary/aromatic N) is 3. The van der Waals surface area contributed by atoms with E-state index in [0.29, 0.717) is 19.0 Å². The van der Waals surface area contributed by atoms with Crippen LogP contribution in [-0.4, -0.2) is 83.7 Å². The number of alkyl halides is 9. The van der Waals surface area contributed by atoms with Gasteiger partial charge in [0.2, 0.25) is 0 Å². The monoisotopic (exact) mass is 700 g/mol. The number of anilines is 5. The van der Waals surface area contributed by atoms with Gasteiger partial charge in [-0.1, -0.05) is 12.1 Å². The third kappa shape index (κ3) is 12.1. The van der Waals surface area contributed by atoms with E-state index in [1.807, 2.05) is 6.07 Å². The Bertz CT molecular complexity index is 1520. The van der Waals surface area contributed by atoms with Crippen LogP contribution in [0.1, 0.15) is 15.9 Å². The number of aliphatic carboxylic acids is 2. The second kappa shape index (κ2) is 16.5. The molecular weight excluding hydrogens is 675 g/mol. The second-order valence-electron chi connectivity index (χ2n) is 9.09. The molecule has 21 heteroatoms. The van der Waals surface area contributed by atoms with Crippen LogP contribution in [0.5, 0.6) is 0 Å². The molecule has 1 aliphatic rings. The molecule has 0 saturated carbocycles. The maximum absolute atomic E-state index is 13.7. The Labute approximate surface area is 264 Å². The number of aromatic nitrogens is 2. The van der Waals surface area contributed by atoms with Crippen LogP contribution in [0.4, 0.5) is 68.2 Å². The summed E-state index contributed by atoms with van der Waals surface area (Å²) in [5.74, 6) is -5.34. The molecule has 2 aromatic heterocycles. The molecule has 1 aliphatic heterocycles. The van der Waals surface area contributed by atoms with Crippen molar-refractivity contribution in [3.8, 4) is 0 Å².